The second kappa shape index (κ2) is 21.9. The Labute approximate surface area is 132 Å². The molecule has 0 radical (unpaired) electrons. The third-order valence-electron chi connectivity index (χ3n) is 2.93. The van der Waals surface area contributed by atoms with Gasteiger partial charge in [0.05, 0.1) is 0 Å². The Morgan fingerprint density at radius 1 is 0.765 bits per heavy atom. The molecule has 0 aromatic rings. The zero-order chi connectivity index (χ0) is 11.2. The summed E-state index contributed by atoms with van der Waals surface area (Å²) < 4.78 is 0. The number of hydrogen-bond donors (Lipinski definition) is 1. The molecule has 0 aromatic carbocycles. The zero-order valence-electron chi connectivity index (χ0n) is 13.2. The first-order chi connectivity index (χ1) is 7.41. The van der Waals surface area contributed by atoms with Gasteiger partial charge in [0.15, 0.2) is 0 Å². The third-order valence-corrected chi connectivity index (χ3v) is 2.93. The molecule has 0 unspecified atom stereocenters. The van der Waals surface area contributed by atoms with E-state index in [2.05, 4.69) is 6.92 Å². The van der Waals surface area contributed by atoms with Gasteiger partial charge in [-0.3, -0.25) is 0 Å². The smallest absolute Gasteiger partial charge is 1.00 e. The quantitative estimate of drug-likeness (QED) is 0.329. The molecular weight excluding hydrogens is 221 g/mol. The second-order valence-corrected chi connectivity index (χ2v) is 4.49. The molecule has 0 amide bonds. The first kappa shape index (κ1) is 22.8. The summed E-state index contributed by atoms with van der Waals surface area (Å²) in [4.78, 5) is 10.1. The van der Waals surface area contributed by atoms with Crippen LogP contribution in [-0.4, -0.2) is 6.29 Å². The summed E-state index contributed by atoms with van der Waals surface area (Å²) in [5, 5.41) is 0. The molecule has 0 atom stereocenters. The van der Waals surface area contributed by atoms with Crippen molar-refractivity contribution in [2.75, 3.05) is 0 Å². The molecule has 0 aromatic heterocycles. The molecule has 0 aliphatic rings. The molecule has 0 rings (SSSR count). The summed E-state index contributed by atoms with van der Waals surface area (Å²) in [6.07, 6.45) is 16.7. The maximum absolute atomic E-state index is 10.1. The molecule has 0 saturated heterocycles. The minimum absolute atomic E-state index is 0. The maximum Gasteiger partial charge on any atom is 1.00 e. The van der Waals surface area contributed by atoms with E-state index in [1.807, 2.05) is 0 Å². The predicted octanol–water partition coefficient (Wildman–Crippen LogP) is 2.16. The summed E-state index contributed by atoms with van der Waals surface area (Å²) in [5.41, 5.74) is 0. The van der Waals surface area contributed by atoms with Crippen LogP contribution in [-0.2, 0) is 4.79 Å². The van der Waals surface area contributed by atoms with E-state index in [0.29, 0.717) is 0 Å². The standard InChI is InChI=1S/C14H28O.H3N.Na.H/c1-2-3-4-5-6-7-8-9-10-11-12-13-14-15;;;/h14H,2-13H2,1H3;1H3;;/q;;+1;-1. The number of aldehydes is 1. The molecule has 0 heterocycles. The molecule has 17 heavy (non-hydrogen) atoms. The van der Waals surface area contributed by atoms with E-state index >= 15 is 0 Å². The summed E-state index contributed by atoms with van der Waals surface area (Å²) in [6.45, 7) is 2.26. The van der Waals surface area contributed by atoms with Crippen LogP contribution in [0.2, 0.25) is 0 Å². The van der Waals surface area contributed by atoms with Crippen molar-refractivity contribution in [3.63, 3.8) is 0 Å². The van der Waals surface area contributed by atoms with Gasteiger partial charge in [0.2, 0.25) is 0 Å². The normalized spacial score (nSPS) is 9.24. The van der Waals surface area contributed by atoms with Gasteiger partial charge >= 0.3 is 29.6 Å². The predicted molar refractivity (Wildman–Crippen MR) is 73.3 cm³/mol. The van der Waals surface area contributed by atoms with Gasteiger partial charge in [-0.1, -0.05) is 71.1 Å². The van der Waals surface area contributed by atoms with Crippen LogP contribution >= 0.6 is 0 Å². The molecular formula is C14H32NNaO. The van der Waals surface area contributed by atoms with E-state index in [0.717, 1.165) is 19.1 Å². The van der Waals surface area contributed by atoms with Crippen molar-refractivity contribution in [1.29, 1.82) is 0 Å². The Bertz CT molecular complexity index is 137. The minimum Gasteiger partial charge on any atom is -1.00 e. The molecule has 0 spiro atoms. The zero-order valence-corrected chi connectivity index (χ0v) is 14.2. The molecule has 0 fully saturated rings. The molecule has 3 heteroatoms. The van der Waals surface area contributed by atoms with Gasteiger partial charge in [-0.15, -0.1) is 0 Å². The van der Waals surface area contributed by atoms with Crippen molar-refractivity contribution in [2.45, 2.75) is 84.0 Å². The fourth-order valence-electron chi connectivity index (χ4n) is 1.89. The van der Waals surface area contributed by atoms with Crippen molar-refractivity contribution in [3.8, 4) is 0 Å². The number of carbonyl (C=O) groups excluding carboxylic acids is 1. The number of unbranched alkanes of at least 4 members (excludes halogenated alkanes) is 11. The first-order valence-electron chi connectivity index (χ1n) is 6.85. The van der Waals surface area contributed by atoms with Crippen LogP contribution < -0.4 is 35.7 Å². The van der Waals surface area contributed by atoms with E-state index in [9.17, 15) is 4.79 Å². The largest absolute Gasteiger partial charge is 1.00 e. The topological polar surface area (TPSA) is 52.1 Å². The molecule has 3 N–H and O–H groups in total. The van der Waals surface area contributed by atoms with Crippen LogP contribution in [0, 0.1) is 0 Å². The van der Waals surface area contributed by atoms with Crippen LogP contribution in [0.5, 0.6) is 0 Å². The summed E-state index contributed by atoms with van der Waals surface area (Å²) in [5.74, 6) is 0. The Kier molecular flexibility index (Phi) is 29.3. The minimum atomic E-state index is 0. The van der Waals surface area contributed by atoms with E-state index in [-0.39, 0.29) is 37.1 Å². The second-order valence-electron chi connectivity index (χ2n) is 4.49. The fraction of sp³-hybridized carbons (Fsp3) is 0.929. The van der Waals surface area contributed by atoms with Crippen molar-refractivity contribution in [1.82, 2.24) is 6.15 Å². The van der Waals surface area contributed by atoms with Crippen LogP contribution in [0.25, 0.3) is 0 Å². The van der Waals surface area contributed by atoms with Gasteiger partial charge in [-0.25, -0.2) is 0 Å². The van der Waals surface area contributed by atoms with Crippen molar-refractivity contribution in [2.24, 2.45) is 0 Å². The average molecular weight is 253 g/mol. The van der Waals surface area contributed by atoms with Gasteiger partial charge in [0, 0.05) is 6.42 Å². The first-order valence-corrected chi connectivity index (χ1v) is 6.85. The van der Waals surface area contributed by atoms with Crippen LogP contribution in [0.3, 0.4) is 0 Å². The third kappa shape index (κ3) is 22.3. The number of rotatable bonds is 12. The van der Waals surface area contributed by atoms with Crippen molar-refractivity contribution in [3.05, 3.63) is 0 Å². The molecule has 100 valence electrons. The number of carbonyl (C=O) groups is 1. The van der Waals surface area contributed by atoms with Crippen molar-refractivity contribution >= 4 is 6.29 Å². The Morgan fingerprint density at radius 3 is 1.47 bits per heavy atom. The fourth-order valence-corrected chi connectivity index (χ4v) is 1.89. The average Bonchev–Trinajstić information content (AvgIpc) is 2.26. The molecule has 0 aliphatic carbocycles. The Morgan fingerprint density at radius 2 is 1.12 bits per heavy atom. The van der Waals surface area contributed by atoms with Crippen molar-refractivity contribution < 1.29 is 35.8 Å². The van der Waals surface area contributed by atoms with E-state index < -0.39 is 0 Å². The molecule has 2 nitrogen and oxygen atoms in total. The van der Waals surface area contributed by atoms with E-state index in [4.69, 9.17) is 0 Å². The van der Waals surface area contributed by atoms with Gasteiger partial charge < -0.3 is 12.4 Å². The van der Waals surface area contributed by atoms with Crippen LogP contribution in [0.4, 0.5) is 0 Å². The number of hydrogen-bond acceptors (Lipinski definition) is 2. The maximum atomic E-state index is 10.1. The van der Waals surface area contributed by atoms with E-state index in [1.165, 1.54) is 64.2 Å². The summed E-state index contributed by atoms with van der Waals surface area (Å²) >= 11 is 0. The van der Waals surface area contributed by atoms with E-state index in [1.54, 1.807) is 0 Å². The Hall–Kier alpha value is 0.630. The summed E-state index contributed by atoms with van der Waals surface area (Å²) in [6, 6.07) is 0. The molecule has 0 aliphatic heterocycles. The van der Waals surface area contributed by atoms with Gasteiger partial charge in [-0.2, -0.15) is 0 Å². The van der Waals surface area contributed by atoms with Crippen LogP contribution in [0.15, 0.2) is 0 Å². The van der Waals surface area contributed by atoms with Crippen LogP contribution in [0.1, 0.15) is 85.4 Å². The molecule has 0 saturated carbocycles. The van der Waals surface area contributed by atoms with Gasteiger partial charge in [-0.05, 0) is 6.42 Å². The monoisotopic (exact) mass is 253 g/mol. The van der Waals surface area contributed by atoms with Gasteiger partial charge in [0.25, 0.3) is 0 Å². The van der Waals surface area contributed by atoms with Gasteiger partial charge in [0.1, 0.15) is 6.29 Å². The molecule has 0 bridgehead atoms. The SMILES string of the molecule is CCCCCCCCCCCCCC=O.N.[H-].[Na+]. The summed E-state index contributed by atoms with van der Waals surface area (Å²) in [7, 11) is 0. The Balaban J connectivity index is -0.000000327.